The third-order valence-corrected chi connectivity index (χ3v) is 11.2. The fourth-order valence-corrected chi connectivity index (χ4v) is 7.48. The number of fused-ring (bicyclic) bond motifs is 1. The number of allylic oxidation sites excluding steroid dienone is 4. The van der Waals surface area contributed by atoms with Crippen LogP contribution in [0.4, 0.5) is 0 Å². The Morgan fingerprint density at radius 2 is 0.800 bits per heavy atom. The van der Waals surface area contributed by atoms with Crippen molar-refractivity contribution in [2.24, 2.45) is 0 Å². The number of nitrogens with one attached hydrogen (secondary N) is 4. The maximum atomic E-state index is 13.4. The van der Waals surface area contributed by atoms with Crippen molar-refractivity contribution in [1.29, 1.82) is 0 Å². The highest BCUT2D eigenvalue weighted by molar-refractivity contribution is 6.00. The first-order valence-electron chi connectivity index (χ1n) is 22.9. The molecule has 0 fully saturated rings. The second-order valence-electron chi connectivity index (χ2n) is 16.1. The number of ether oxygens (including phenoxy) is 2. The van der Waals surface area contributed by atoms with Crippen LogP contribution in [0.25, 0.3) is 10.8 Å². The smallest absolute Gasteiger partial charge is 0.338 e. The van der Waals surface area contributed by atoms with Crippen LogP contribution in [-0.2, 0) is 58.5 Å². The van der Waals surface area contributed by atoms with Gasteiger partial charge in [-0.1, -0.05) is 134 Å². The van der Waals surface area contributed by atoms with Crippen molar-refractivity contribution in [2.75, 3.05) is 0 Å². The second-order valence-corrected chi connectivity index (χ2v) is 16.1. The molecule has 4 N–H and O–H groups in total. The fourth-order valence-electron chi connectivity index (χ4n) is 7.48. The van der Waals surface area contributed by atoms with Crippen molar-refractivity contribution >= 4 is 46.3 Å². The van der Waals surface area contributed by atoms with E-state index in [0.717, 1.165) is 22.3 Å². The zero-order valence-electron chi connectivity index (χ0n) is 39.7. The van der Waals surface area contributed by atoms with E-state index in [4.69, 9.17) is 9.47 Å². The van der Waals surface area contributed by atoms with Crippen molar-refractivity contribution in [1.82, 2.24) is 21.3 Å². The zero-order valence-corrected chi connectivity index (χ0v) is 39.7. The molecule has 0 saturated carbocycles. The van der Waals surface area contributed by atoms with Crippen LogP contribution in [-0.4, -0.2) is 35.6 Å². The van der Waals surface area contributed by atoms with Crippen LogP contribution < -0.4 is 21.3 Å². The molecule has 0 heterocycles. The van der Waals surface area contributed by atoms with Gasteiger partial charge in [-0.2, -0.15) is 0 Å². The van der Waals surface area contributed by atoms with Crippen LogP contribution >= 0.6 is 0 Å². The Balaban J connectivity index is 0.992. The summed E-state index contributed by atoms with van der Waals surface area (Å²) in [5.74, 6) is -2.18. The van der Waals surface area contributed by atoms with Crippen molar-refractivity contribution in [3.63, 3.8) is 0 Å². The quantitative estimate of drug-likeness (QED) is 0.0333. The first-order valence-corrected chi connectivity index (χ1v) is 22.9. The summed E-state index contributed by atoms with van der Waals surface area (Å²) in [4.78, 5) is 78.3. The molecule has 4 amide bonds. The van der Waals surface area contributed by atoms with Gasteiger partial charge in [0.1, 0.15) is 13.2 Å². The molecule has 12 heteroatoms. The van der Waals surface area contributed by atoms with E-state index in [1.165, 1.54) is 0 Å². The topological polar surface area (TPSA) is 169 Å². The highest BCUT2D eigenvalue weighted by Gasteiger charge is 2.17. The standard InChI is InChI=1S/C58H56N4O8/c1-5-15-43(7-3)53(63)59-33-39-17-13-19-41(29-39)35-61-55(65)51-23-11-9-21-49(51)37-69-57(67)47-27-25-46-32-48(28-26-45(46)31-47)58(68)70-38-50-22-10-12-24-52(50)56(66)62-36-42-20-14-18-40(30-42)34-60-54(64)44(8-4)16-6-2/h5-32H,33-38H2,1-4H3,(H,59,63)(H,60,64)(H,61,65)(H,62,66)/b15-5-,16-6-,43-7+,44-8+. The molecule has 6 rings (SSSR count). The molecule has 356 valence electrons. The normalized spacial score (nSPS) is 11.6. The lowest BCUT2D eigenvalue weighted by Gasteiger charge is -2.12. The van der Waals surface area contributed by atoms with Gasteiger partial charge in [-0.3, -0.25) is 19.2 Å². The molecule has 6 aromatic rings. The summed E-state index contributed by atoms with van der Waals surface area (Å²) in [6.45, 7) is 8.20. The average molecular weight is 937 g/mol. The van der Waals surface area contributed by atoms with Crippen LogP contribution in [0, 0.1) is 0 Å². The highest BCUT2D eigenvalue weighted by atomic mass is 16.5. The molecule has 6 aromatic carbocycles. The molecule has 0 atom stereocenters. The molecular formula is C58H56N4O8. The Morgan fingerprint density at radius 1 is 0.429 bits per heavy atom. The minimum absolute atomic E-state index is 0.140. The summed E-state index contributed by atoms with van der Waals surface area (Å²) < 4.78 is 11.4. The lowest BCUT2D eigenvalue weighted by molar-refractivity contribution is -0.118. The molecule has 0 bridgehead atoms. The van der Waals surface area contributed by atoms with Gasteiger partial charge in [0, 0.05) is 59.6 Å². The van der Waals surface area contributed by atoms with Crippen molar-refractivity contribution in [2.45, 2.75) is 67.1 Å². The number of rotatable bonds is 20. The van der Waals surface area contributed by atoms with Crippen LogP contribution in [0.2, 0.25) is 0 Å². The van der Waals surface area contributed by atoms with E-state index in [0.29, 0.717) is 68.4 Å². The third kappa shape index (κ3) is 14.2. The Labute approximate surface area is 408 Å². The summed E-state index contributed by atoms with van der Waals surface area (Å²) in [5.41, 5.74) is 7.01. The van der Waals surface area contributed by atoms with Gasteiger partial charge in [0.25, 0.3) is 23.6 Å². The van der Waals surface area contributed by atoms with Crippen LogP contribution in [0.15, 0.2) is 181 Å². The van der Waals surface area contributed by atoms with E-state index in [1.807, 2.05) is 88.4 Å². The molecule has 0 aliphatic heterocycles. The van der Waals surface area contributed by atoms with E-state index >= 15 is 0 Å². The number of hydrogen-bond donors (Lipinski definition) is 4. The molecular weight excluding hydrogens is 881 g/mol. The van der Waals surface area contributed by atoms with Crippen LogP contribution in [0.5, 0.6) is 0 Å². The van der Waals surface area contributed by atoms with Gasteiger partial charge in [-0.05, 0) is 97.1 Å². The number of hydrogen-bond acceptors (Lipinski definition) is 8. The first kappa shape index (κ1) is 50.8. The minimum Gasteiger partial charge on any atom is -0.457 e. The average Bonchev–Trinajstić information content (AvgIpc) is 3.39. The summed E-state index contributed by atoms with van der Waals surface area (Å²) >= 11 is 0. The molecule has 0 unspecified atom stereocenters. The summed E-state index contributed by atoms with van der Waals surface area (Å²) in [5, 5.41) is 13.1. The van der Waals surface area contributed by atoms with Gasteiger partial charge >= 0.3 is 11.9 Å². The largest absolute Gasteiger partial charge is 0.457 e. The highest BCUT2D eigenvalue weighted by Crippen LogP contribution is 2.21. The molecule has 0 saturated heterocycles. The third-order valence-electron chi connectivity index (χ3n) is 11.2. The molecule has 0 spiro atoms. The van der Waals surface area contributed by atoms with Gasteiger partial charge in [0.2, 0.25) is 0 Å². The van der Waals surface area contributed by atoms with E-state index in [-0.39, 0.29) is 49.9 Å². The molecule has 0 aliphatic rings. The summed E-state index contributed by atoms with van der Waals surface area (Å²) in [7, 11) is 0. The maximum Gasteiger partial charge on any atom is 0.338 e. The van der Waals surface area contributed by atoms with Gasteiger partial charge in [-0.25, -0.2) is 9.59 Å². The monoisotopic (exact) mass is 936 g/mol. The molecule has 0 aliphatic carbocycles. The predicted octanol–water partition coefficient (Wildman–Crippen LogP) is 9.69. The number of carbonyl (C=O) groups excluding carboxylic acids is 6. The van der Waals surface area contributed by atoms with Crippen molar-refractivity contribution in [3.8, 4) is 0 Å². The first-order chi connectivity index (χ1) is 34.0. The minimum atomic E-state index is -0.586. The Hall–Kier alpha value is -8.64. The lowest BCUT2D eigenvalue weighted by atomic mass is 10.0. The van der Waals surface area contributed by atoms with E-state index in [9.17, 15) is 28.8 Å². The predicted molar refractivity (Wildman–Crippen MR) is 271 cm³/mol. The number of esters is 2. The van der Waals surface area contributed by atoms with E-state index in [1.54, 1.807) is 109 Å². The molecule has 0 aromatic heterocycles. The van der Waals surface area contributed by atoms with Gasteiger partial charge in [-0.15, -0.1) is 0 Å². The van der Waals surface area contributed by atoms with E-state index < -0.39 is 11.9 Å². The lowest BCUT2D eigenvalue weighted by Crippen LogP contribution is -2.25. The Morgan fingerprint density at radius 3 is 1.17 bits per heavy atom. The van der Waals surface area contributed by atoms with Crippen LogP contribution in [0.3, 0.4) is 0 Å². The van der Waals surface area contributed by atoms with Gasteiger partial charge in [0.15, 0.2) is 0 Å². The zero-order chi connectivity index (χ0) is 49.8. The van der Waals surface area contributed by atoms with Crippen molar-refractivity contribution in [3.05, 3.63) is 237 Å². The van der Waals surface area contributed by atoms with Gasteiger partial charge in [0.05, 0.1) is 11.1 Å². The maximum absolute atomic E-state index is 13.4. The number of carbonyl (C=O) groups is 6. The molecule has 70 heavy (non-hydrogen) atoms. The number of benzene rings is 6. The molecule has 0 radical (unpaired) electrons. The Kier molecular flexibility index (Phi) is 18.5. The Bertz CT molecular complexity index is 2820. The number of amides is 4. The fraction of sp³-hybridized carbons (Fsp3) is 0.172. The van der Waals surface area contributed by atoms with Crippen molar-refractivity contribution < 1.29 is 38.2 Å². The summed E-state index contributed by atoms with van der Waals surface area (Å²) in [6, 6.07) is 39.0. The van der Waals surface area contributed by atoms with E-state index in [2.05, 4.69) is 21.3 Å². The summed E-state index contributed by atoms with van der Waals surface area (Å²) in [6.07, 6.45) is 10.6. The SMILES string of the molecule is C/C=C\C(=C/C)C(=O)NCc1cccc(CNC(=O)c2ccccc2COC(=O)c2ccc3cc(C(=O)OCc4ccccc4C(=O)NCc4cccc(CNC(=O)C(/C=C\C)=C/C)c4)ccc3c2)c1. The molecule has 12 nitrogen and oxygen atoms in total. The second kappa shape index (κ2) is 25.5. The van der Waals surface area contributed by atoms with Crippen LogP contribution in [0.1, 0.15) is 103 Å². The van der Waals surface area contributed by atoms with Gasteiger partial charge < -0.3 is 30.7 Å².